The summed E-state index contributed by atoms with van der Waals surface area (Å²) in [5, 5.41) is 6.70. The first-order valence-electron chi connectivity index (χ1n) is 9.66. The number of halogens is 2. The average Bonchev–Trinajstić information content (AvgIpc) is 3.00. The lowest BCUT2D eigenvalue weighted by atomic mass is 9.92. The number of carbonyl (C=O) groups excluding carboxylic acids is 1. The molecule has 3 atom stereocenters. The van der Waals surface area contributed by atoms with E-state index in [0.717, 1.165) is 45.3 Å². The quantitative estimate of drug-likeness (QED) is 0.839. The molecule has 4 fully saturated rings. The summed E-state index contributed by atoms with van der Waals surface area (Å²) >= 11 is 0. The number of hydrogen-bond acceptors (Lipinski definition) is 4. The molecule has 5 nitrogen and oxygen atoms in total. The molecule has 0 spiro atoms. The van der Waals surface area contributed by atoms with Gasteiger partial charge in [-0.05, 0) is 38.3 Å². The molecule has 1 aromatic rings. The van der Waals surface area contributed by atoms with Crippen LogP contribution >= 0.6 is 0 Å². The Bertz CT molecular complexity index is 742. The lowest BCUT2D eigenvalue weighted by Gasteiger charge is -2.47. The highest BCUT2D eigenvalue weighted by Crippen LogP contribution is 2.38. The van der Waals surface area contributed by atoms with Crippen molar-refractivity contribution >= 4 is 11.6 Å². The van der Waals surface area contributed by atoms with Crippen LogP contribution in [0.1, 0.15) is 41.6 Å². The zero-order chi connectivity index (χ0) is 17.8. The highest BCUT2D eigenvalue weighted by atomic mass is 19.1. The van der Waals surface area contributed by atoms with Gasteiger partial charge in [-0.1, -0.05) is 0 Å². The smallest absolute Gasteiger partial charge is 0.255 e. The molecular formula is C19H24F2N4O. The molecule has 26 heavy (non-hydrogen) atoms. The molecule has 4 saturated heterocycles. The van der Waals surface area contributed by atoms with Gasteiger partial charge in [-0.3, -0.25) is 4.79 Å². The fourth-order valence-electron chi connectivity index (χ4n) is 5.03. The van der Waals surface area contributed by atoms with E-state index in [4.69, 9.17) is 0 Å². The van der Waals surface area contributed by atoms with Gasteiger partial charge in [0, 0.05) is 43.3 Å². The van der Waals surface area contributed by atoms with Crippen molar-refractivity contribution in [3.8, 4) is 0 Å². The van der Waals surface area contributed by atoms with Gasteiger partial charge in [0.05, 0.1) is 12.1 Å². The number of piperazine rings is 1. The largest absolute Gasteiger partial charge is 0.361 e. The summed E-state index contributed by atoms with van der Waals surface area (Å²) < 4.78 is 30.2. The second-order valence-corrected chi connectivity index (χ2v) is 7.97. The molecule has 5 aliphatic heterocycles. The van der Waals surface area contributed by atoms with Crippen LogP contribution in [0.3, 0.4) is 0 Å². The third kappa shape index (κ3) is 2.44. The molecular weight excluding hydrogens is 338 g/mol. The summed E-state index contributed by atoms with van der Waals surface area (Å²) in [7, 11) is 0. The summed E-state index contributed by atoms with van der Waals surface area (Å²) in [5.74, 6) is -1.38. The number of nitrogens with one attached hydrogen (secondary N) is 2. The van der Waals surface area contributed by atoms with Crippen molar-refractivity contribution in [2.75, 3.05) is 31.1 Å². The van der Waals surface area contributed by atoms with Gasteiger partial charge in [-0.2, -0.15) is 0 Å². The van der Waals surface area contributed by atoms with Crippen LogP contribution in [0.4, 0.5) is 14.5 Å². The zero-order valence-electron chi connectivity index (χ0n) is 14.7. The Hall–Kier alpha value is -1.73. The van der Waals surface area contributed by atoms with Crippen LogP contribution in [0.5, 0.6) is 0 Å². The molecule has 5 heterocycles. The second-order valence-electron chi connectivity index (χ2n) is 7.97. The predicted octanol–water partition coefficient (Wildman–Crippen LogP) is 1.61. The third-order valence-corrected chi connectivity index (χ3v) is 6.46. The number of hydrogen-bond donors (Lipinski definition) is 2. The van der Waals surface area contributed by atoms with E-state index in [1.807, 2.05) is 4.90 Å². The van der Waals surface area contributed by atoms with E-state index in [1.165, 1.54) is 6.07 Å². The molecule has 2 N–H and O–H groups in total. The molecule has 0 aromatic heterocycles. The number of amides is 1. The summed E-state index contributed by atoms with van der Waals surface area (Å²) in [6.45, 7) is 3.31. The van der Waals surface area contributed by atoms with E-state index in [1.54, 1.807) is 4.90 Å². The minimum Gasteiger partial charge on any atom is -0.361 e. The van der Waals surface area contributed by atoms with Crippen molar-refractivity contribution < 1.29 is 13.6 Å². The first-order chi connectivity index (χ1) is 12.6. The maximum Gasteiger partial charge on any atom is 0.255 e. The molecule has 0 aliphatic carbocycles. The minimum atomic E-state index is -0.606. The molecule has 1 amide bonds. The van der Waals surface area contributed by atoms with Crippen LogP contribution in [-0.4, -0.2) is 55.1 Å². The molecule has 2 bridgehead atoms. The molecule has 6 rings (SSSR count). The topological polar surface area (TPSA) is 47.6 Å². The Kier molecular flexibility index (Phi) is 3.90. The second kappa shape index (κ2) is 6.16. The number of piperidine rings is 3. The average molecular weight is 362 g/mol. The van der Waals surface area contributed by atoms with E-state index in [2.05, 4.69) is 10.6 Å². The first kappa shape index (κ1) is 16.4. The number of nitrogens with zero attached hydrogens (tertiary/aromatic N) is 2. The van der Waals surface area contributed by atoms with Crippen molar-refractivity contribution in [3.63, 3.8) is 0 Å². The standard InChI is InChI=1S/C19H24F2N4O/c20-16-6-14-15(10-25(19(14)26)12-2-1-5-22-7-12)17(21)18(16)24-9-11-3-4-13(24)8-23-11/h6,11-13,22-23H,1-5,7-10H2. The highest BCUT2D eigenvalue weighted by molar-refractivity contribution is 5.99. The number of benzene rings is 1. The highest BCUT2D eigenvalue weighted by Gasteiger charge is 2.41. The summed E-state index contributed by atoms with van der Waals surface area (Å²) in [6.07, 6.45) is 3.91. The van der Waals surface area contributed by atoms with Crippen LogP contribution in [-0.2, 0) is 6.54 Å². The summed E-state index contributed by atoms with van der Waals surface area (Å²) in [4.78, 5) is 16.4. The lowest BCUT2D eigenvalue weighted by molar-refractivity contribution is 0.0674. The Morgan fingerprint density at radius 2 is 1.92 bits per heavy atom. The normalized spacial score (nSPS) is 30.8. The summed E-state index contributed by atoms with van der Waals surface area (Å²) in [5.41, 5.74) is 0.636. The zero-order valence-corrected chi connectivity index (χ0v) is 14.7. The van der Waals surface area contributed by atoms with E-state index < -0.39 is 11.6 Å². The SMILES string of the molecule is O=C1c2cc(F)c(N3CC4CCC3CN4)c(F)c2CN1C1CCCNC1. The van der Waals surface area contributed by atoms with Gasteiger partial charge in [-0.15, -0.1) is 0 Å². The van der Waals surface area contributed by atoms with Crippen molar-refractivity contribution in [1.29, 1.82) is 0 Å². The minimum absolute atomic E-state index is 0.0600. The summed E-state index contributed by atoms with van der Waals surface area (Å²) in [6, 6.07) is 1.74. The monoisotopic (exact) mass is 362 g/mol. The molecule has 0 saturated carbocycles. The Labute approximate surface area is 151 Å². The van der Waals surface area contributed by atoms with Crippen LogP contribution in [0, 0.1) is 11.6 Å². The maximum absolute atomic E-state index is 15.4. The van der Waals surface area contributed by atoms with E-state index in [9.17, 15) is 9.18 Å². The van der Waals surface area contributed by atoms with E-state index in [-0.39, 0.29) is 35.8 Å². The van der Waals surface area contributed by atoms with Gasteiger partial charge in [0.1, 0.15) is 11.5 Å². The lowest BCUT2D eigenvalue weighted by Crippen LogP contribution is -2.61. The molecule has 0 radical (unpaired) electrons. The van der Waals surface area contributed by atoms with Gasteiger partial charge >= 0.3 is 0 Å². The Morgan fingerprint density at radius 3 is 2.58 bits per heavy atom. The van der Waals surface area contributed by atoms with Gasteiger partial charge in [0.15, 0.2) is 5.82 Å². The van der Waals surface area contributed by atoms with Gasteiger partial charge < -0.3 is 20.4 Å². The van der Waals surface area contributed by atoms with Crippen LogP contribution in [0.15, 0.2) is 6.07 Å². The maximum atomic E-state index is 15.4. The molecule has 140 valence electrons. The van der Waals surface area contributed by atoms with Crippen molar-refractivity contribution in [3.05, 3.63) is 28.8 Å². The third-order valence-electron chi connectivity index (χ3n) is 6.46. The molecule has 3 unspecified atom stereocenters. The number of carbonyl (C=O) groups is 1. The van der Waals surface area contributed by atoms with E-state index >= 15 is 4.39 Å². The van der Waals surface area contributed by atoms with E-state index in [0.29, 0.717) is 18.2 Å². The number of anilines is 1. The predicted molar refractivity (Wildman–Crippen MR) is 94.3 cm³/mol. The van der Waals surface area contributed by atoms with Gasteiger partial charge in [0.25, 0.3) is 5.91 Å². The van der Waals surface area contributed by atoms with Crippen LogP contribution < -0.4 is 15.5 Å². The van der Waals surface area contributed by atoms with Crippen LogP contribution in [0.2, 0.25) is 0 Å². The fourth-order valence-corrected chi connectivity index (χ4v) is 5.03. The van der Waals surface area contributed by atoms with Crippen LogP contribution in [0.25, 0.3) is 0 Å². The first-order valence-corrected chi connectivity index (χ1v) is 9.66. The molecule has 1 aromatic carbocycles. The molecule has 7 heteroatoms. The van der Waals surface area contributed by atoms with Crippen molar-refractivity contribution in [2.45, 2.75) is 50.4 Å². The molecule has 5 aliphatic rings. The van der Waals surface area contributed by atoms with Crippen molar-refractivity contribution in [2.24, 2.45) is 0 Å². The Morgan fingerprint density at radius 1 is 1.08 bits per heavy atom. The Balaban J connectivity index is 1.49. The number of fused-ring (bicyclic) bond motifs is 4. The van der Waals surface area contributed by atoms with Gasteiger partial charge in [0.2, 0.25) is 0 Å². The van der Waals surface area contributed by atoms with Crippen molar-refractivity contribution in [1.82, 2.24) is 15.5 Å². The number of rotatable bonds is 2. The fraction of sp³-hybridized carbons (Fsp3) is 0.632. The van der Waals surface area contributed by atoms with Gasteiger partial charge in [-0.25, -0.2) is 8.78 Å².